The van der Waals surface area contributed by atoms with Gasteiger partial charge in [0, 0.05) is 26.2 Å². The highest BCUT2D eigenvalue weighted by Crippen LogP contribution is 2.22. The second-order valence-corrected chi connectivity index (χ2v) is 8.75. The van der Waals surface area contributed by atoms with Crippen LogP contribution >= 0.6 is 12.4 Å². The molecule has 1 heterocycles. The number of anilines is 1. The number of hydrogen-bond acceptors (Lipinski definition) is 5. The molecule has 0 amide bonds. The minimum absolute atomic E-state index is 0. The highest BCUT2D eigenvalue weighted by molar-refractivity contribution is 7.92. The van der Waals surface area contributed by atoms with Gasteiger partial charge in [0.2, 0.25) is 20.0 Å². The molecule has 1 aliphatic heterocycles. The fourth-order valence-electron chi connectivity index (χ4n) is 2.01. The largest absolute Gasteiger partial charge is 0.314 e. The molecule has 1 fully saturated rings. The van der Waals surface area contributed by atoms with Gasteiger partial charge in [-0.2, -0.15) is 4.31 Å². The molecule has 2 N–H and O–H groups in total. The van der Waals surface area contributed by atoms with E-state index in [1.54, 1.807) is 0 Å². The van der Waals surface area contributed by atoms with Gasteiger partial charge in [-0.3, -0.25) is 4.72 Å². The van der Waals surface area contributed by atoms with Crippen molar-refractivity contribution in [3.05, 3.63) is 24.0 Å². The van der Waals surface area contributed by atoms with E-state index in [2.05, 4.69) is 10.0 Å². The average molecular weight is 388 g/mol. The number of nitrogens with one attached hydrogen (secondary N) is 2. The first kappa shape index (κ1) is 20.1. The standard InChI is InChI=1S/C12H18FN3O4S2.ClH/c1-2-21(17,18)15-12-4-3-10(9-11(12)13)22(19,20)16-7-5-14-6-8-16;/h3-4,9,14-15H,2,5-8H2,1H3;1H. The molecule has 0 aliphatic carbocycles. The molecular weight excluding hydrogens is 369 g/mol. The molecule has 23 heavy (non-hydrogen) atoms. The molecule has 1 saturated heterocycles. The highest BCUT2D eigenvalue weighted by Gasteiger charge is 2.26. The molecule has 0 spiro atoms. The Morgan fingerprint density at radius 3 is 2.35 bits per heavy atom. The van der Waals surface area contributed by atoms with E-state index in [9.17, 15) is 21.2 Å². The highest BCUT2D eigenvalue weighted by atomic mass is 35.5. The van der Waals surface area contributed by atoms with Gasteiger partial charge < -0.3 is 5.32 Å². The minimum Gasteiger partial charge on any atom is -0.314 e. The Morgan fingerprint density at radius 2 is 1.83 bits per heavy atom. The Kier molecular flexibility index (Phi) is 6.78. The van der Waals surface area contributed by atoms with Gasteiger partial charge in [0.15, 0.2) is 0 Å². The van der Waals surface area contributed by atoms with Crippen LogP contribution < -0.4 is 10.0 Å². The molecule has 132 valence electrons. The number of benzene rings is 1. The number of sulfonamides is 2. The van der Waals surface area contributed by atoms with Crippen molar-refractivity contribution in [2.75, 3.05) is 36.7 Å². The molecule has 1 aromatic rings. The van der Waals surface area contributed by atoms with E-state index in [1.165, 1.54) is 17.3 Å². The van der Waals surface area contributed by atoms with Crippen molar-refractivity contribution >= 4 is 38.1 Å². The summed E-state index contributed by atoms with van der Waals surface area (Å²) < 4.78 is 65.0. The first-order valence-corrected chi connectivity index (χ1v) is 9.86. The Balaban J connectivity index is 0.00000264. The van der Waals surface area contributed by atoms with Gasteiger partial charge in [-0.25, -0.2) is 21.2 Å². The molecule has 0 bridgehead atoms. The lowest BCUT2D eigenvalue weighted by atomic mass is 10.3. The molecule has 0 atom stereocenters. The Labute approximate surface area is 141 Å². The summed E-state index contributed by atoms with van der Waals surface area (Å²) in [6.45, 7) is 3.12. The van der Waals surface area contributed by atoms with Crippen LogP contribution in [0, 0.1) is 5.82 Å². The maximum Gasteiger partial charge on any atom is 0.243 e. The molecule has 0 saturated carbocycles. The van der Waals surface area contributed by atoms with E-state index in [-0.39, 0.29) is 28.7 Å². The second kappa shape index (κ2) is 7.75. The van der Waals surface area contributed by atoms with Crippen molar-refractivity contribution in [1.29, 1.82) is 0 Å². The van der Waals surface area contributed by atoms with Crippen LogP contribution in [-0.4, -0.2) is 53.1 Å². The molecule has 7 nitrogen and oxygen atoms in total. The summed E-state index contributed by atoms with van der Waals surface area (Å²) in [5.41, 5.74) is -0.263. The second-order valence-electron chi connectivity index (χ2n) is 4.80. The Hall–Kier alpha value is -0.940. The summed E-state index contributed by atoms with van der Waals surface area (Å²) in [7, 11) is -7.40. The molecule has 1 aromatic carbocycles. The van der Waals surface area contributed by atoms with Crippen LogP contribution in [-0.2, 0) is 20.0 Å². The Bertz CT molecular complexity index is 750. The lowest BCUT2D eigenvalue weighted by Gasteiger charge is -2.26. The predicted octanol–water partition coefficient (Wildman–Crippen LogP) is 0.603. The van der Waals surface area contributed by atoms with Crippen LogP contribution in [0.25, 0.3) is 0 Å². The summed E-state index contributed by atoms with van der Waals surface area (Å²) in [5, 5.41) is 3.03. The molecule has 0 radical (unpaired) electrons. The van der Waals surface area contributed by atoms with Crippen molar-refractivity contribution in [2.45, 2.75) is 11.8 Å². The van der Waals surface area contributed by atoms with Crippen molar-refractivity contribution in [2.24, 2.45) is 0 Å². The molecule has 0 unspecified atom stereocenters. The summed E-state index contributed by atoms with van der Waals surface area (Å²) in [6.07, 6.45) is 0. The third kappa shape index (κ3) is 4.77. The van der Waals surface area contributed by atoms with Crippen molar-refractivity contribution in [1.82, 2.24) is 9.62 Å². The van der Waals surface area contributed by atoms with E-state index in [4.69, 9.17) is 0 Å². The van der Waals surface area contributed by atoms with Crippen LogP contribution in [0.2, 0.25) is 0 Å². The summed E-state index contributed by atoms with van der Waals surface area (Å²) in [5.74, 6) is -1.12. The smallest absolute Gasteiger partial charge is 0.243 e. The van der Waals surface area contributed by atoms with Gasteiger partial charge >= 0.3 is 0 Å². The molecule has 2 rings (SSSR count). The molecular formula is C12H19ClFN3O4S2. The number of hydrogen-bond donors (Lipinski definition) is 2. The molecule has 0 aromatic heterocycles. The van der Waals surface area contributed by atoms with E-state index < -0.39 is 25.9 Å². The summed E-state index contributed by atoms with van der Waals surface area (Å²) in [6, 6.07) is 3.16. The van der Waals surface area contributed by atoms with Gasteiger partial charge in [0.25, 0.3) is 0 Å². The van der Waals surface area contributed by atoms with E-state index >= 15 is 0 Å². The van der Waals surface area contributed by atoms with Crippen molar-refractivity contribution < 1.29 is 21.2 Å². The number of piperazine rings is 1. The van der Waals surface area contributed by atoms with Gasteiger partial charge in [-0.1, -0.05) is 0 Å². The van der Waals surface area contributed by atoms with Crippen LogP contribution in [0.4, 0.5) is 10.1 Å². The third-order valence-electron chi connectivity index (χ3n) is 3.30. The zero-order chi connectivity index (χ0) is 16.4. The van der Waals surface area contributed by atoms with Crippen LogP contribution in [0.1, 0.15) is 6.92 Å². The molecule has 11 heteroatoms. The normalized spacial score (nSPS) is 16.6. The number of rotatable bonds is 5. The zero-order valence-corrected chi connectivity index (χ0v) is 14.9. The summed E-state index contributed by atoms with van der Waals surface area (Å²) >= 11 is 0. The summed E-state index contributed by atoms with van der Waals surface area (Å²) in [4.78, 5) is -0.189. The zero-order valence-electron chi connectivity index (χ0n) is 12.5. The predicted molar refractivity (Wildman–Crippen MR) is 88.4 cm³/mol. The first-order valence-electron chi connectivity index (χ1n) is 6.77. The lowest BCUT2D eigenvalue weighted by molar-refractivity contribution is 0.360. The minimum atomic E-state index is -3.77. The van der Waals surface area contributed by atoms with E-state index in [0.29, 0.717) is 26.2 Å². The van der Waals surface area contributed by atoms with Gasteiger partial charge in [0.05, 0.1) is 16.3 Å². The number of nitrogens with zero attached hydrogens (tertiary/aromatic N) is 1. The Morgan fingerprint density at radius 1 is 1.22 bits per heavy atom. The SMILES string of the molecule is CCS(=O)(=O)Nc1ccc(S(=O)(=O)N2CCNCC2)cc1F.Cl. The number of halogens is 2. The maximum atomic E-state index is 14.0. The van der Waals surface area contributed by atoms with Gasteiger partial charge in [0.1, 0.15) is 5.82 Å². The van der Waals surface area contributed by atoms with E-state index in [1.807, 2.05) is 0 Å². The fourth-order valence-corrected chi connectivity index (χ4v) is 4.11. The lowest BCUT2D eigenvalue weighted by Crippen LogP contribution is -2.46. The van der Waals surface area contributed by atoms with Crippen molar-refractivity contribution in [3.8, 4) is 0 Å². The molecule has 1 aliphatic rings. The third-order valence-corrected chi connectivity index (χ3v) is 6.49. The fraction of sp³-hybridized carbons (Fsp3) is 0.500. The van der Waals surface area contributed by atoms with Crippen LogP contribution in [0.15, 0.2) is 23.1 Å². The first-order chi connectivity index (χ1) is 10.3. The van der Waals surface area contributed by atoms with Crippen molar-refractivity contribution in [3.63, 3.8) is 0 Å². The quantitative estimate of drug-likeness (QED) is 0.771. The van der Waals surface area contributed by atoms with Gasteiger partial charge in [-0.05, 0) is 25.1 Å². The monoisotopic (exact) mass is 387 g/mol. The topological polar surface area (TPSA) is 95.6 Å². The maximum absolute atomic E-state index is 14.0. The van der Waals surface area contributed by atoms with Crippen LogP contribution in [0.5, 0.6) is 0 Å². The van der Waals surface area contributed by atoms with E-state index in [0.717, 1.165) is 12.1 Å². The van der Waals surface area contributed by atoms with Crippen LogP contribution in [0.3, 0.4) is 0 Å². The van der Waals surface area contributed by atoms with Gasteiger partial charge in [-0.15, -0.1) is 12.4 Å². The average Bonchev–Trinajstić information content (AvgIpc) is 2.50.